The van der Waals surface area contributed by atoms with Crippen LogP contribution < -0.4 is 15.2 Å². The van der Waals surface area contributed by atoms with E-state index in [1.807, 2.05) is 0 Å². The number of hydrogen-bond donors (Lipinski definition) is 3. The number of nitrogens with two attached hydrogens (primary N) is 1. The van der Waals surface area contributed by atoms with E-state index in [4.69, 9.17) is 16.7 Å². The quantitative estimate of drug-likeness (QED) is 0.320. The molecule has 2 aliphatic rings. The third-order valence-corrected chi connectivity index (χ3v) is 7.19. The molecule has 156 valence electrons. The Labute approximate surface area is 172 Å². The Morgan fingerprint density at radius 3 is 2.75 bits per heavy atom. The zero-order valence-electron chi connectivity index (χ0n) is 15.0. The molecule has 4 N–H and O–H groups in total. The SMILES string of the molecule is NS(=O)(=O)c1cc2c(cc1Cl)NC(CN1CCC(CCO[N+](=O)[O-])CC1)NS2. The van der Waals surface area contributed by atoms with Crippen LogP contribution in [0.4, 0.5) is 5.69 Å². The summed E-state index contributed by atoms with van der Waals surface area (Å²) in [4.78, 5) is 17.5. The third kappa shape index (κ3) is 5.61. The first-order chi connectivity index (χ1) is 13.2. The molecule has 2 aliphatic heterocycles. The summed E-state index contributed by atoms with van der Waals surface area (Å²) in [5.41, 5.74) is 0.762. The van der Waals surface area contributed by atoms with Crippen LogP contribution in [0, 0.1) is 16.0 Å². The van der Waals surface area contributed by atoms with E-state index in [0.29, 0.717) is 17.2 Å². The number of benzene rings is 1. The second-order valence-corrected chi connectivity index (χ2v) is 9.65. The standard InChI is InChI=1S/C15H22ClN5O5S2/c16-11-7-12-13(8-14(11)28(17,24)25)27-19-15(18-12)9-20-4-1-10(2-5-20)3-6-26-21(22)23/h7-8,10,15,18-19H,1-6,9H2,(H2,17,24,25). The predicted molar refractivity (Wildman–Crippen MR) is 106 cm³/mol. The number of anilines is 1. The molecule has 1 saturated heterocycles. The minimum atomic E-state index is -3.88. The molecule has 1 atom stereocenters. The van der Waals surface area contributed by atoms with Crippen LogP contribution in [0.25, 0.3) is 0 Å². The fourth-order valence-corrected chi connectivity index (χ4v) is 5.38. The van der Waals surface area contributed by atoms with E-state index in [0.717, 1.165) is 38.2 Å². The highest BCUT2D eigenvalue weighted by molar-refractivity contribution is 7.97. The van der Waals surface area contributed by atoms with Gasteiger partial charge in [0.25, 0.3) is 5.09 Å². The molecule has 1 aromatic rings. The number of fused-ring (bicyclic) bond motifs is 1. The van der Waals surface area contributed by atoms with E-state index >= 15 is 0 Å². The summed E-state index contributed by atoms with van der Waals surface area (Å²) in [7, 11) is -3.88. The maximum absolute atomic E-state index is 11.6. The lowest BCUT2D eigenvalue weighted by Crippen LogP contribution is -2.47. The van der Waals surface area contributed by atoms with Gasteiger partial charge in [0.1, 0.15) is 4.90 Å². The van der Waals surface area contributed by atoms with Crippen LogP contribution >= 0.6 is 23.5 Å². The fraction of sp³-hybridized carbons (Fsp3) is 0.600. The van der Waals surface area contributed by atoms with Gasteiger partial charge in [-0.15, -0.1) is 10.1 Å². The fourth-order valence-electron chi connectivity index (χ4n) is 3.39. The highest BCUT2D eigenvalue weighted by Crippen LogP contribution is 2.36. The van der Waals surface area contributed by atoms with Crippen LogP contribution in [0.3, 0.4) is 0 Å². The molecule has 0 saturated carbocycles. The molecule has 0 aromatic heterocycles. The number of halogens is 1. The first-order valence-electron chi connectivity index (χ1n) is 8.77. The zero-order chi connectivity index (χ0) is 20.3. The molecule has 0 amide bonds. The van der Waals surface area contributed by atoms with Gasteiger partial charge >= 0.3 is 0 Å². The molecule has 13 heteroatoms. The van der Waals surface area contributed by atoms with E-state index in [1.165, 1.54) is 18.0 Å². The van der Waals surface area contributed by atoms with Crippen molar-refractivity contribution in [3.8, 4) is 0 Å². The summed E-state index contributed by atoms with van der Waals surface area (Å²) in [5, 5.41) is 18.1. The summed E-state index contributed by atoms with van der Waals surface area (Å²) >= 11 is 7.41. The molecule has 28 heavy (non-hydrogen) atoms. The second kappa shape index (κ2) is 9.01. The predicted octanol–water partition coefficient (Wildman–Crippen LogP) is 1.65. The summed E-state index contributed by atoms with van der Waals surface area (Å²) in [6.45, 7) is 2.73. The molecule has 2 heterocycles. The number of primary sulfonamides is 1. The van der Waals surface area contributed by atoms with Crippen molar-refractivity contribution in [2.45, 2.75) is 35.2 Å². The van der Waals surface area contributed by atoms with Crippen LogP contribution in [-0.2, 0) is 14.9 Å². The van der Waals surface area contributed by atoms with Gasteiger partial charge in [-0.3, -0.25) is 4.90 Å². The summed E-state index contributed by atoms with van der Waals surface area (Å²) < 4.78 is 26.4. The Hall–Kier alpha value is -1.31. The van der Waals surface area contributed by atoms with E-state index < -0.39 is 15.1 Å². The molecule has 1 aromatic carbocycles. The van der Waals surface area contributed by atoms with Crippen molar-refractivity contribution in [3.63, 3.8) is 0 Å². The Morgan fingerprint density at radius 2 is 2.11 bits per heavy atom. The Balaban J connectivity index is 1.51. The van der Waals surface area contributed by atoms with Crippen molar-refractivity contribution >= 4 is 39.3 Å². The smallest absolute Gasteiger partial charge is 0.294 e. The Kier molecular flexibility index (Phi) is 6.89. The normalized spacial score (nSPS) is 21.0. The second-order valence-electron chi connectivity index (χ2n) is 6.83. The van der Waals surface area contributed by atoms with Gasteiger partial charge in [-0.05, 0) is 62.4 Å². The molecular formula is C15H22ClN5O5S2. The molecule has 0 spiro atoms. The van der Waals surface area contributed by atoms with Crippen molar-refractivity contribution in [2.75, 3.05) is 31.6 Å². The van der Waals surface area contributed by atoms with E-state index in [9.17, 15) is 18.5 Å². The number of nitrogens with one attached hydrogen (secondary N) is 2. The van der Waals surface area contributed by atoms with Gasteiger partial charge in [0.2, 0.25) is 10.0 Å². The van der Waals surface area contributed by atoms with Gasteiger partial charge in [-0.2, -0.15) is 0 Å². The van der Waals surface area contributed by atoms with Crippen molar-refractivity contribution < 1.29 is 18.3 Å². The van der Waals surface area contributed by atoms with Crippen LogP contribution in [0.15, 0.2) is 21.9 Å². The van der Waals surface area contributed by atoms with Gasteiger partial charge in [0.15, 0.2) is 0 Å². The number of rotatable bonds is 7. The van der Waals surface area contributed by atoms with Crippen LogP contribution in [0.1, 0.15) is 19.3 Å². The van der Waals surface area contributed by atoms with E-state index in [1.54, 1.807) is 6.07 Å². The van der Waals surface area contributed by atoms with E-state index in [-0.39, 0.29) is 22.7 Å². The van der Waals surface area contributed by atoms with Crippen molar-refractivity contribution in [2.24, 2.45) is 11.1 Å². The number of hydrogen-bond acceptors (Lipinski definition) is 9. The molecule has 0 radical (unpaired) electrons. The average Bonchev–Trinajstić information content (AvgIpc) is 2.61. The molecule has 3 rings (SSSR count). The lowest BCUT2D eigenvalue weighted by molar-refractivity contribution is -0.758. The average molecular weight is 452 g/mol. The lowest BCUT2D eigenvalue weighted by Gasteiger charge is -2.36. The van der Waals surface area contributed by atoms with Crippen LogP contribution in [0.5, 0.6) is 0 Å². The summed E-state index contributed by atoms with van der Waals surface area (Å²) in [5.74, 6) is 0.439. The minimum Gasteiger partial charge on any atom is -0.367 e. The Morgan fingerprint density at radius 1 is 1.39 bits per heavy atom. The molecular weight excluding hydrogens is 430 g/mol. The Bertz CT molecular complexity index is 832. The lowest BCUT2D eigenvalue weighted by atomic mass is 9.94. The molecule has 1 unspecified atom stereocenters. The topological polar surface area (TPSA) is 140 Å². The largest absolute Gasteiger partial charge is 0.367 e. The third-order valence-electron chi connectivity index (χ3n) is 4.85. The number of likely N-dealkylation sites (tertiary alicyclic amines) is 1. The van der Waals surface area contributed by atoms with Gasteiger partial charge in [-0.25, -0.2) is 18.3 Å². The van der Waals surface area contributed by atoms with Gasteiger partial charge in [0, 0.05) is 11.4 Å². The number of nitrogens with zero attached hydrogens (tertiary/aromatic N) is 2. The molecule has 0 bridgehead atoms. The monoisotopic (exact) mass is 451 g/mol. The maximum atomic E-state index is 11.6. The first kappa shape index (κ1) is 21.4. The van der Waals surface area contributed by atoms with Gasteiger partial charge in [0.05, 0.1) is 23.5 Å². The summed E-state index contributed by atoms with van der Waals surface area (Å²) in [6.07, 6.45) is 2.62. The minimum absolute atomic E-state index is 0.0248. The van der Waals surface area contributed by atoms with Crippen molar-refractivity contribution in [3.05, 3.63) is 27.3 Å². The number of sulfonamides is 1. The number of piperidine rings is 1. The zero-order valence-corrected chi connectivity index (χ0v) is 17.4. The van der Waals surface area contributed by atoms with E-state index in [2.05, 4.69) is 19.8 Å². The summed E-state index contributed by atoms with van der Waals surface area (Å²) in [6, 6.07) is 3.05. The maximum Gasteiger partial charge on any atom is 0.294 e. The van der Waals surface area contributed by atoms with Crippen LogP contribution in [0.2, 0.25) is 5.02 Å². The van der Waals surface area contributed by atoms with Gasteiger partial charge < -0.3 is 10.2 Å². The molecule has 0 aliphatic carbocycles. The first-order valence-corrected chi connectivity index (χ1v) is 11.5. The molecule has 1 fully saturated rings. The van der Waals surface area contributed by atoms with Crippen molar-refractivity contribution in [1.82, 2.24) is 9.62 Å². The van der Waals surface area contributed by atoms with Crippen molar-refractivity contribution in [1.29, 1.82) is 0 Å². The highest BCUT2D eigenvalue weighted by atomic mass is 35.5. The van der Waals surface area contributed by atoms with Gasteiger partial charge in [-0.1, -0.05) is 11.6 Å². The highest BCUT2D eigenvalue weighted by Gasteiger charge is 2.26. The molecule has 10 nitrogen and oxygen atoms in total. The van der Waals surface area contributed by atoms with Crippen LogP contribution in [-0.4, -0.2) is 50.8 Å².